The number of ether oxygens (including phenoxy) is 3. The Labute approximate surface area is 218 Å². The van der Waals surface area contributed by atoms with E-state index in [4.69, 9.17) is 25.8 Å². The Bertz CT molecular complexity index is 1010. The molecular weight excluding hydrogens is 508 g/mol. The lowest BCUT2D eigenvalue weighted by atomic mass is 9.88. The fourth-order valence-corrected chi connectivity index (χ4v) is 7.45. The molecule has 1 amide bonds. The summed E-state index contributed by atoms with van der Waals surface area (Å²) in [6, 6.07) is 5.21. The standard InChI is InChI=1S/C25H37ClN2O7S/c1-3-4-20-17-34-18-22(28(20)36(31,32)21-7-5-19(26)6-8-21)25(9-10-25)35-23(30)27-14-11-24(33-2,12-15-27)13-16-29/h5-8,20,22,29H,3-4,9-18H2,1-2H3/t20-,22-/m1/s1. The van der Waals surface area contributed by atoms with Crippen molar-refractivity contribution in [2.75, 3.05) is 40.0 Å². The van der Waals surface area contributed by atoms with Crippen LogP contribution in [0.15, 0.2) is 29.2 Å². The molecule has 0 aromatic heterocycles. The normalized spacial score (nSPS) is 25.9. The van der Waals surface area contributed by atoms with Crippen LogP contribution in [0.3, 0.4) is 0 Å². The van der Waals surface area contributed by atoms with Crippen molar-refractivity contribution in [3.63, 3.8) is 0 Å². The minimum atomic E-state index is -3.88. The van der Waals surface area contributed by atoms with Gasteiger partial charge in [0.2, 0.25) is 10.0 Å². The number of sulfonamides is 1. The molecule has 0 unspecified atom stereocenters. The number of benzene rings is 1. The molecule has 2 saturated heterocycles. The predicted molar refractivity (Wildman–Crippen MR) is 134 cm³/mol. The minimum absolute atomic E-state index is 0.0277. The van der Waals surface area contributed by atoms with Gasteiger partial charge in [-0.05, 0) is 62.8 Å². The van der Waals surface area contributed by atoms with Crippen LogP contribution in [0.25, 0.3) is 0 Å². The van der Waals surface area contributed by atoms with Gasteiger partial charge in [-0.3, -0.25) is 0 Å². The first-order valence-corrected chi connectivity index (χ1v) is 14.5. The van der Waals surface area contributed by atoms with Crippen molar-refractivity contribution in [1.29, 1.82) is 0 Å². The van der Waals surface area contributed by atoms with Gasteiger partial charge in [-0.2, -0.15) is 4.31 Å². The summed E-state index contributed by atoms with van der Waals surface area (Å²) in [7, 11) is -2.25. The van der Waals surface area contributed by atoms with Crippen molar-refractivity contribution >= 4 is 27.7 Å². The molecule has 9 nitrogen and oxygen atoms in total. The summed E-state index contributed by atoms with van der Waals surface area (Å²) in [4.78, 5) is 15.0. The monoisotopic (exact) mass is 544 g/mol. The maximum Gasteiger partial charge on any atom is 0.410 e. The van der Waals surface area contributed by atoms with Gasteiger partial charge in [0.25, 0.3) is 0 Å². The van der Waals surface area contributed by atoms with Crippen molar-refractivity contribution in [3.05, 3.63) is 29.3 Å². The lowest BCUT2D eigenvalue weighted by molar-refractivity contribution is -0.0861. The zero-order valence-electron chi connectivity index (χ0n) is 21.0. The first-order valence-electron chi connectivity index (χ1n) is 12.7. The van der Waals surface area contributed by atoms with Gasteiger partial charge >= 0.3 is 6.09 Å². The highest BCUT2D eigenvalue weighted by molar-refractivity contribution is 7.89. The third kappa shape index (κ3) is 5.54. The zero-order valence-corrected chi connectivity index (χ0v) is 22.6. The van der Waals surface area contributed by atoms with Crippen LogP contribution in [0, 0.1) is 0 Å². The van der Waals surface area contributed by atoms with E-state index in [1.807, 2.05) is 6.92 Å². The lowest BCUT2D eigenvalue weighted by Crippen LogP contribution is -2.61. The van der Waals surface area contributed by atoms with Crippen LogP contribution in [0.2, 0.25) is 5.02 Å². The molecule has 202 valence electrons. The number of morpholine rings is 1. The molecule has 0 bridgehead atoms. The summed E-state index contributed by atoms with van der Waals surface area (Å²) in [5, 5.41) is 9.85. The Hall–Kier alpha value is -1.43. The quantitative estimate of drug-likeness (QED) is 0.507. The van der Waals surface area contributed by atoms with Crippen LogP contribution in [0.1, 0.15) is 51.9 Å². The van der Waals surface area contributed by atoms with Crippen LogP contribution in [-0.2, 0) is 24.2 Å². The van der Waals surface area contributed by atoms with Crippen molar-refractivity contribution < 1.29 is 32.5 Å². The van der Waals surface area contributed by atoms with E-state index in [9.17, 15) is 18.3 Å². The summed E-state index contributed by atoms with van der Waals surface area (Å²) in [6.07, 6.45) is 3.89. The summed E-state index contributed by atoms with van der Waals surface area (Å²) in [5.74, 6) is 0. The molecule has 2 heterocycles. The van der Waals surface area contributed by atoms with Crippen molar-refractivity contribution in [2.45, 2.75) is 80.1 Å². The van der Waals surface area contributed by atoms with Crippen LogP contribution < -0.4 is 0 Å². The molecule has 2 atom stereocenters. The minimum Gasteiger partial charge on any atom is -0.441 e. The number of methoxy groups -OCH3 is 1. The van der Waals surface area contributed by atoms with Crippen molar-refractivity contribution in [3.8, 4) is 0 Å². The molecule has 1 aliphatic carbocycles. The number of rotatable bonds is 9. The number of nitrogens with zero attached hydrogens (tertiary/aromatic N) is 2. The van der Waals surface area contributed by atoms with Gasteiger partial charge in [-0.15, -0.1) is 0 Å². The molecule has 4 rings (SSSR count). The average Bonchev–Trinajstić information content (AvgIpc) is 3.65. The highest BCUT2D eigenvalue weighted by atomic mass is 35.5. The lowest BCUT2D eigenvalue weighted by Gasteiger charge is -2.45. The smallest absolute Gasteiger partial charge is 0.410 e. The van der Waals surface area contributed by atoms with Gasteiger partial charge in [0, 0.05) is 37.9 Å². The van der Waals surface area contributed by atoms with Gasteiger partial charge in [0.15, 0.2) is 0 Å². The second-order valence-corrected chi connectivity index (χ2v) is 12.3. The molecule has 1 aromatic carbocycles. The average molecular weight is 545 g/mol. The second kappa shape index (κ2) is 11.1. The van der Waals surface area contributed by atoms with Crippen molar-refractivity contribution in [2.24, 2.45) is 0 Å². The maximum absolute atomic E-state index is 13.9. The van der Waals surface area contributed by atoms with Crippen LogP contribution in [0.4, 0.5) is 4.79 Å². The molecular formula is C25H37ClN2O7S. The predicted octanol–water partition coefficient (Wildman–Crippen LogP) is 3.43. The first-order chi connectivity index (χ1) is 17.2. The van der Waals surface area contributed by atoms with E-state index < -0.39 is 33.4 Å². The fourth-order valence-electron chi connectivity index (χ4n) is 5.46. The Morgan fingerprint density at radius 3 is 2.39 bits per heavy atom. The third-order valence-electron chi connectivity index (χ3n) is 7.84. The summed E-state index contributed by atoms with van der Waals surface area (Å²) >= 11 is 6.00. The van der Waals surface area contributed by atoms with E-state index in [-0.39, 0.29) is 24.2 Å². The Morgan fingerprint density at radius 1 is 1.17 bits per heavy atom. The van der Waals surface area contributed by atoms with Gasteiger partial charge in [0.05, 0.1) is 29.8 Å². The number of likely N-dealkylation sites (tertiary alicyclic amines) is 1. The summed E-state index contributed by atoms with van der Waals surface area (Å²) in [6.45, 7) is 3.42. The molecule has 0 radical (unpaired) electrons. The Balaban J connectivity index is 1.54. The van der Waals surface area contributed by atoms with E-state index in [1.54, 1.807) is 24.1 Å². The highest BCUT2D eigenvalue weighted by Crippen LogP contribution is 2.48. The molecule has 3 aliphatic rings. The molecule has 0 spiro atoms. The third-order valence-corrected chi connectivity index (χ3v) is 10.1. The Morgan fingerprint density at radius 2 is 1.83 bits per heavy atom. The molecule has 1 saturated carbocycles. The summed E-state index contributed by atoms with van der Waals surface area (Å²) in [5.41, 5.74) is -1.35. The number of amides is 1. The number of aliphatic hydroxyl groups excluding tert-OH is 1. The van der Waals surface area contributed by atoms with Crippen molar-refractivity contribution in [1.82, 2.24) is 9.21 Å². The molecule has 11 heteroatoms. The van der Waals surface area contributed by atoms with E-state index in [0.717, 1.165) is 6.42 Å². The maximum atomic E-state index is 13.9. The topological polar surface area (TPSA) is 106 Å². The fraction of sp³-hybridized carbons (Fsp3) is 0.720. The number of hydrogen-bond donors (Lipinski definition) is 1. The number of piperidine rings is 1. The van der Waals surface area contributed by atoms with Crippen LogP contribution >= 0.6 is 11.6 Å². The molecule has 1 N–H and O–H groups in total. The van der Waals surface area contributed by atoms with Crippen LogP contribution in [-0.4, -0.2) is 92.1 Å². The first kappa shape index (κ1) is 27.6. The number of carbonyl (C=O) groups is 1. The van der Waals surface area contributed by atoms with Gasteiger partial charge in [-0.25, -0.2) is 13.2 Å². The molecule has 3 fully saturated rings. The second-order valence-electron chi connectivity index (χ2n) is 10.1. The summed E-state index contributed by atoms with van der Waals surface area (Å²) < 4.78 is 46.9. The van der Waals surface area contributed by atoms with Gasteiger partial charge < -0.3 is 24.2 Å². The number of halogens is 1. The highest BCUT2D eigenvalue weighted by Gasteiger charge is 2.60. The number of carbonyl (C=O) groups excluding carboxylic acids is 1. The molecule has 36 heavy (non-hydrogen) atoms. The Kier molecular flexibility index (Phi) is 8.53. The van der Waals surface area contributed by atoms with E-state index >= 15 is 0 Å². The van der Waals surface area contributed by atoms with E-state index in [0.29, 0.717) is 63.2 Å². The van der Waals surface area contributed by atoms with E-state index in [2.05, 4.69) is 0 Å². The number of hydrogen-bond acceptors (Lipinski definition) is 7. The SMILES string of the molecule is CCC[C@@H]1COC[C@H](C2(OC(=O)N3CCC(CCO)(OC)CC3)CC2)N1S(=O)(=O)c1ccc(Cl)cc1. The molecule has 1 aromatic rings. The largest absolute Gasteiger partial charge is 0.441 e. The molecule has 2 aliphatic heterocycles. The number of aliphatic hydroxyl groups is 1. The van der Waals surface area contributed by atoms with E-state index in [1.165, 1.54) is 16.4 Å². The van der Waals surface area contributed by atoms with Gasteiger partial charge in [-0.1, -0.05) is 24.9 Å². The van der Waals surface area contributed by atoms with Crippen LogP contribution in [0.5, 0.6) is 0 Å². The van der Waals surface area contributed by atoms with Gasteiger partial charge in [0.1, 0.15) is 5.60 Å². The zero-order chi connectivity index (χ0) is 26.0.